The van der Waals surface area contributed by atoms with E-state index in [1.54, 1.807) is 11.1 Å². The van der Waals surface area contributed by atoms with Gasteiger partial charge in [-0.2, -0.15) is 0 Å². The number of carbonyl (C=O) groups excluding carboxylic acids is 1. The summed E-state index contributed by atoms with van der Waals surface area (Å²) in [7, 11) is 1.84. The lowest BCUT2D eigenvalue weighted by atomic mass is 10.1. The van der Waals surface area contributed by atoms with Crippen LogP contribution in [-0.2, 0) is 0 Å². The van der Waals surface area contributed by atoms with Gasteiger partial charge in [0.2, 0.25) is 0 Å². The van der Waals surface area contributed by atoms with Gasteiger partial charge in [0.05, 0.1) is 18.3 Å². The number of amides is 2. The number of benzene rings is 1. The van der Waals surface area contributed by atoms with Crippen molar-refractivity contribution in [3.05, 3.63) is 66.1 Å². The van der Waals surface area contributed by atoms with E-state index in [0.29, 0.717) is 19.1 Å². The highest BCUT2D eigenvalue weighted by atomic mass is 16.5. The number of rotatable bonds is 7. The predicted molar refractivity (Wildman–Crippen MR) is 113 cm³/mol. The third-order valence-electron chi connectivity index (χ3n) is 5.26. The highest BCUT2D eigenvalue weighted by Gasteiger charge is 2.37. The molecule has 0 aliphatic heterocycles. The lowest BCUT2D eigenvalue weighted by Gasteiger charge is -2.28. The van der Waals surface area contributed by atoms with Gasteiger partial charge in [-0.3, -0.25) is 4.98 Å². The van der Waals surface area contributed by atoms with Crippen molar-refractivity contribution in [3.63, 3.8) is 0 Å². The quantitative estimate of drug-likeness (QED) is 0.617. The van der Waals surface area contributed by atoms with Gasteiger partial charge >= 0.3 is 6.03 Å². The number of hydrogen-bond donors (Lipinski definition) is 1. The van der Waals surface area contributed by atoms with Crippen molar-refractivity contribution in [3.8, 4) is 5.75 Å². The molecule has 6 heteroatoms. The SMILES string of the molecule is Cc1ccc2cccc(OCCNC(=O)N(C)C(c3ccccn3)C3CC3)c2n1. The van der Waals surface area contributed by atoms with Gasteiger partial charge in [-0.1, -0.05) is 24.3 Å². The molecule has 0 spiro atoms. The summed E-state index contributed by atoms with van der Waals surface area (Å²) in [6.45, 7) is 2.77. The van der Waals surface area contributed by atoms with E-state index < -0.39 is 0 Å². The zero-order valence-corrected chi connectivity index (χ0v) is 16.8. The predicted octanol–water partition coefficient (Wildman–Crippen LogP) is 4.11. The zero-order chi connectivity index (χ0) is 20.2. The fourth-order valence-corrected chi connectivity index (χ4v) is 3.62. The Kier molecular flexibility index (Phi) is 5.60. The van der Waals surface area contributed by atoms with Gasteiger partial charge in [0.15, 0.2) is 0 Å². The second-order valence-electron chi connectivity index (χ2n) is 7.51. The molecule has 1 fully saturated rings. The molecular formula is C23H26N4O2. The number of hydrogen-bond acceptors (Lipinski definition) is 4. The first-order chi connectivity index (χ1) is 14.1. The molecule has 2 amide bonds. The van der Waals surface area contributed by atoms with E-state index in [4.69, 9.17) is 4.74 Å². The average Bonchev–Trinajstić information content (AvgIpc) is 3.57. The zero-order valence-electron chi connectivity index (χ0n) is 16.8. The van der Waals surface area contributed by atoms with Crippen LogP contribution in [0.4, 0.5) is 4.79 Å². The Morgan fingerprint density at radius 3 is 2.83 bits per heavy atom. The fraction of sp³-hybridized carbons (Fsp3) is 0.348. The number of nitrogens with zero attached hydrogens (tertiary/aromatic N) is 3. The lowest BCUT2D eigenvalue weighted by molar-refractivity contribution is 0.179. The number of ether oxygens (including phenoxy) is 1. The summed E-state index contributed by atoms with van der Waals surface area (Å²) < 4.78 is 5.90. The van der Waals surface area contributed by atoms with Crippen LogP contribution in [0.1, 0.15) is 30.3 Å². The number of fused-ring (bicyclic) bond motifs is 1. The van der Waals surface area contributed by atoms with E-state index in [1.807, 2.05) is 62.5 Å². The van der Waals surface area contributed by atoms with Crippen LogP contribution in [0.15, 0.2) is 54.7 Å². The highest BCUT2D eigenvalue weighted by Crippen LogP contribution is 2.43. The molecule has 1 aliphatic carbocycles. The first-order valence-corrected chi connectivity index (χ1v) is 10.0. The van der Waals surface area contributed by atoms with Gasteiger partial charge in [-0.15, -0.1) is 0 Å². The van der Waals surface area contributed by atoms with Gasteiger partial charge in [-0.05, 0) is 49.9 Å². The standard InChI is InChI=1S/C23H26N4O2/c1-16-9-10-17-6-5-8-20(21(17)26-16)29-15-14-25-23(28)27(2)22(18-11-12-18)19-7-3-4-13-24-19/h3-10,13,18,22H,11-12,14-15H2,1-2H3,(H,25,28). The molecule has 2 aromatic heterocycles. The Labute approximate surface area is 170 Å². The number of pyridine rings is 2. The molecule has 1 N–H and O–H groups in total. The number of urea groups is 1. The van der Waals surface area contributed by atoms with E-state index in [2.05, 4.69) is 15.3 Å². The number of nitrogens with one attached hydrogen (secondary N) is 1. The van der Waals surface area contributed by atoms with Gasteiger partial charge < -0.3 is 15.0 Å². The first kappa shape index (κ1) is 19.2. The maximum absolute atomic E-state index is 12.7. The number of para-hydroxylation sites is 1. The van der Waals surface area contributed by atoms with Crippen molar-refractivity contribution >= 4 is 16.9 Å². The summed E-state index contributed by atoms with van der Waals surface area (Å²) in [4.78, 5) is 23.5. The minimum absolute atomic E-state index is 0.0161. The van der Waals surface area contributed by atoms with E-state index in [1.165, 1.54) is 0 Å². The molecule has 0 bridgehead atoms. The molecule has 2 heterocycles. The van der Waals surface area contributed by atoms with E-state index in [0.717, 1.165) is 40.9 Å². The summed E-state index contributed by atoms with van der Waals surface area (Å²) >= 11 is 0. The van der Waals surface area contributed by atoms with Crippen molar-refractivity contribution in [2.75, 3.05) is 20.2 Å². The molecule has 0 saturated heterocycles. The number of aromatic nitrogens is 2. The molecule has 150 valence electrons. The van der Waals surface area contributed by atoms with Crippen LogP contribution in [0.5, 0.6) is 5.75 Å². The smallest absolute Gasteiger partial charge is 0.317 e. The van der Waals surface area contributed by atoms with Crippen molar-refractivity contribution in [2.45, 2.75) is 25.8 Å². The molecule has 29 heavy (non-hydrogen) atoms. The van der Waals surface area contributed by atoms with Crippen LogP contribution in [0, 0.1) is 12.8 Å². The van der Waals surface area contributed by atoms with Crippen molar-refractivity contribution in [1.82, 2.24) is 20.2 Å². The third-order valence-corrected chi connectivity index (χ3v) is 5.26. The summed E-state index contributed by atoms with van der Waals surface area (Å²) in [5, 5.41) is 4.00. The second-order valence-corrected chi connectivity index (χ2v) is 7.51. The van der Waals surface area contributed by atoms with Crippen LogP contribution in [0.2, 0.25) is 0 Å². The minimum atomic E-state index is -0.108. The molecule has 1 unspecified atom stereocenters. The van der Waals surface area contributed by atoms with E-state index >= 15 is 0 Å². The number of carbonyl (C=O) groups is 1. The summed E-state index contributed by atoms with van der Waals surface area (Å²) in [6.07, 6.45) is 4.05. The Morgan fingerprint density at radius 2 is 2.07 bits per heavy atom. The number of aryl methyl sites for hydroxylation is 1. The van der Waals surface area contributed by atoms with Crippen molar-refractivity contribution in [2.24, 2.45) is 5.92 Å². The first-order valence-electron chi connectivity index (χ1n) is 10.0. The van der Waals surface area contributed by atoms with Gasteiger partial charge in [0.1, 0.15) is 17.9 Å². The van der Waals surface area contributed by atoms with Gasteiger partial charge in [-0.25, -0.2) is 9.78 Å². The molecule has 1 saturated carbocycles. The van der Waals surface area contributed by atoms with Crippen LogP contribution in [-0.4, -0.2) is 41.1 Å². The van der Waals surface area contributed by atoms with E-state index in [9.17, 15) is 4.79 Å². The van der Waals surface area contributed by atoms with Gasteiger partial charge in [0.25, 0.3) is 0 Å². The molecule has 4 rings (SSSR count). The molecule has 1 aromatic carbocycles. The average molecular weight is 390 g/mol. The van der Waals surface area contributed by atoms with Crippen LogP contribution in [0.3, 0.4) is 0 Å². The molecular weight excluding hydrogens is 364 g/mol. The molecule has 1 atom stereocenters. The lowest BCUT2D eigenvalue weighted by Crippen LogP contribution is -2.42. The Hall–Kier alpha value is -3.15. The largest absolute Gasteiger partial charge is 0.489 e. The Bertz CT molecular complexity index is 989. The van der Waals surface area contributed by atoms with Crippen LogP contribution < -0.4 is 10.1 Å². The van der Waals surface area contributed by atoms with Crippen LogP contribution in [0.25, 0.3) is 10.9 Å². The summed E-state index contributed by atoms with van der Waals surface area (Å²) in [5.41, 5.74) is 2.74. The molecule has 6 nitrogen and oxygen atoms in total. The van der Waals surface area contributed by atoms with Crippen molar-refractivity contribution in [1.29, 1.82) is 0 Å². The highest BCUT2D eigenvalue weighted by molar-refractivity contribution is 5.84. The minimum Gasteiger partial charge on any atom is -0.489 e. The maximum atomic E-state index is 12.7. The molecule has 1 aliphatic rings. The summed E-state index contributed by atoms with van der Waals surface area (Å²) in [5.74, 6) is 1.22. The van der Waals surface area contributed by atoms with Crippen LogP contribution >= 0.6 is 0 Å². The van der Waals surface area contributed by atoms with Gasteiger partial charge in [0, 0.05) is 24.3 Å². The Morgan fingerprint density at radius 1 is 1.21 bits per heavy atom. The summed E-state index contributed by atoms with van der Waals surface area (Å²) in [6, 6.07) is 15.7. The Balaban J connectivity index is 1.34. The maximum Gasteiger partial charge on any atom is 0.317 e. The van der Waals surface area contributed by atoms with Crippen molar-refractivity contribution < 1.29 is 9.53 Å². The monoisotopic (exact) mass is 390 g/mol. The third kappa shape index (κ3) is 4.47. The molecule has 3 aromatic rings. The fourth-order valence-electron chi connectivity index (χ4n) is 3.62. The topological polar surface area (TPSA) is 67.3 Å². The molecule has 0 radical (unpaired) electrons. The van der Waals surface area contributed by atoms with E-state index in [-0.39, 0.29) is 12.1 Å². The second kappa shape index (κ2) is 8.47. The normalized spacial score (nSPS) is 14.4.